The minimum absolute atomic E-state index is 0.0897. The first kappa shape index (κ1) is 13.1. The quantitative estimate of drug-likeness (QED) is 0.552. The van der Waals surface area contributed by atoms with E-state index >= 15 is 0 Å². The molecule has 0 aliphatic heterocycles. The van der Waals surface area contributed by atoms with Gasteiger partial charge in [0.2, 0.25) is 0 Å². The number of carboxylic acid groups (broad SMARTS) is 1. The molecular weight excluding hydrogens is 226 g/mol. The van der Waals surface area contributed by atoms with Crippen molar-refractivity contribution in [3.63, 3.8) is 0 Å². The number of carbonyl (C=O) groups excluding carboxylic acids is 1. The highest BCUT2D eigenvalue weighted by atomic mass is 17.2. The predicted octanol–water partition coefficient (Wildman–Crippen LogP) is 0.463. The van der Waals surface area contributed by atoms with Gasteiger partial charge in [0.1, 0.15) is 12.6 Å². The minimum atomic E-state index is -1.22. The molecule has 6 nitrogen and oxygen atoms in total. The lowest BCUT2D eigenvalue weighted by atomic mass is 10.2. The second kappa shape index (κ2) is 6.62. The van der Waals surface area contributed by atoms with Gasteiger partial charge in [0, 0.05) is 0 Å². The van der Waals surface area contributed by atoms with Gasteiger partial charge in [-0.2, -0.15) is 4.89 Å². The molecule has 0 spiro atoms. The molecular formula is C11H13NO5. The number of rotatable bonds is 6. The number of hydrogen-bond donors (Lipinski definition) is 2. The monoisotopic (exact) mass is 239 g/mol. The van der Waals surface area contributed by atoms with Crippen LogP contribution in [-0.4, -0.2) is 23.1 Å². The smallest absolute Gasteiger partial charge is 0.359 e. The summed E-state index contributed by atoms with van der Waals surface area (Å²) in [4.78, 5) is 30.5. The van der Waals surface area contributed by atoms with E-state index in [4.69, 9.17) is 10.8 Å². The van der Waals surface area contributed by atoms with Gasteiger partial charge in [-0.15, -0.1) is 0 Å². The summed E-state index contributed by atoms with van der Waals surface area (Å²) >= 11 is 0. The molecule has 0 amide bonds. The summed E-state index contributed by atoms with van der Waals surface area (Å²) in [6, 6.07) is 7.85. The van der Waals surface area contributed by atoms with Gasteiger partial charge >= 0.3 is 11.9 Å². The molecule has 1 rings (SSSR count). The van der Waals surface area contributed by atoms with Crippen molar-refractivity contribution in [2.75, 3.05) is 0 Å². The van der Waals surface area contributed by atoms with E-state index < -0.39 is 24.4 Å². The Bertz CT molecular complexity index is 379. The normalized spacial score (nSPS) is 11.8. The molecule has 92 valence electrons. The van der Waals surface area contributed by atoms with Crippen LogP contribution in [0.5, 0.6) is 0 Å². The first-order chi connectivity index (χ1) is 8.09. The van der Waals surface area contributed by atoms with Crippen molar-refractivity contribution >= 4 is 11.9 Å². The van der Waals surface area contributed by atoms with Crippen molar-refractivity contribution in [2.45, 2.75) is 19.1 Å². The average Bonchev–Trinajstić information content (AvgIpc) is 2.29. The lowest BCUT2D eigenvalue weighted by Crippen LogP contribution is -2.34. The molecule has 0 saturated heterocycles. The Morgan fingerprint density at radius 3 is 2.53 bits per heavy atom. The number of carboxylic acids is 1. The van der Waals surface area contributed by atoms with Gasteiger partial charge in [-0.25, -0.2) is 4.79 Å². The summed E-state index contributed by atoms with van der Waals surface area (Å²) in [6.45, 7) is 0.0897. The highest BCUT2D eigenvalue weighted by Crippen LogP contribution is 2.01. The maximum absolute atomic E-state index is 11.1. The molecule has 0 unspecified atom stereocenters. The second-order valence-corrected chi connectivity index (χ2v) is 3.35. The summed E-state index contributed by atoms with van der Waals surface area (Å²) < 4.78 is 0. The Balaban J connectivity index is 2.27. The second-order valence-electron chi connectivity index (χ2n) is 3.35. The fourth-order valence-corrected chi connectivity index (χ4v) is 1.06. The molecule has 6 heteroatoms. The van der Waals surface area contributed by atoms with Crippen molar-refractivity contribution in [3.8, 4) is 0 Å². The lowest BCUT2D eigenvalue weighted by molar-refractivity contribution is -0.281. The van der Waals surface area contributed by atoms with Crippen LogP contribution in [0.15, 0.2) is 30.3 Å². The summed E-state index contributed by atoms with van der Waals surface area (Å²) in [5, 5.41) is 8.41. The van der Waals surface area contributed by atoms with Crippen molar-refractivity contribution in [1.29, 1.82) is 0 Å². The van der Waals surface area contributed by atoms with Crippen LogP contribution in [0.3, 0.4) is 0 Å². The van der Waals surface area contributed by atoms with Gasteiger partial charge in [-0.1, -0.05) is 30.3 Å². The summed E-state index contributed by atoms with van der Waals surface area (Å²) in [5.74, 6) is -2.07. The van der Waals surface area contributed by atoms with Gasteiger partial charge in [0.25, 0.3) is 0 Å². The van der Waals surface area contributed by atoms with Crippen LogP contribution in [-0.2, 0) is 26.0 Å². The first-order valence-corrected chi connectivity index (χ1v) is 4.94. The van der Waals surface area contributed by atoms with Crippen LogP contribution >= 0.6 is 0 Å². The molecule has 0 saturated carbocycles. The van der Waals surface area contributed by atoms with Crippen LogP contribution in [0.25, 0.3) is 0 Å². The Hall–Kier alpha value is -1.92. The minimum Gasteiger partial charge on any atom is -0.481 e. The third-order valence-corrected chi connectivity index (χ3v) is 1.91. The Kier molecular flexibility index (Phi) is 5.12. The van der Waals surface area contributed by atoms with Gasteiger partial charge in [-0.3, -0.25) is 9.68 Å². The lowest BCUT2D eigenvalue weighted by Gasteiger charge is -2.07. The standard InChI is InChI=1S/C11H13NO5/c12-9(6-10(13)14)11(15)17-16-7-8-4-2-1-3-5-8/h1-5,9H,6-7,12H2,(H,13,14)/t9-/m0/s1. The predicted molar refractivity (Wildman–Crippen MR) is 57.6 cm³/mol. The summed E-state index contributed by atoms with van der Waals surface area (Å²) in [6.07, 6.45) is -0.493. The SMILES string of the molecule is N[C@@H](CC(=O)O)C(=O)OOCc1ccccc1. The van der Waals surface area contributed by atoms with E-state index in [1.807, 2.05) is 18.2 Å². The zero-order valence-corrected chi connectivity index (χ0v) is 9.04. The van der Waals surface area contributed by atoms with Crippen LogP contribution < -0.4 is 5.73 Å². The van der Waals surface area contributed by atoms with Crippen LogP contribution in [0, 0.1) is 0 Å². The number of carbonyl (C=O) groups is 2. The topological polar surface area (TPSA) is 98.9 Å². The average molecular weight is 239 g/mol. The van der Waals surface area contributed by atoms with Gasteiger partial charge in [0.15, 0.2) is 0 Å². The summed E-state index contributed by atoms with van der Waals surface area (Å²) in [7, 11) is 0. The van der Waals surface area contributed by atoms with E-state index in [1.54, 1.807) is 12.1 Å². The van der Waals surface area contributed by atoms with Gasteiger partial charge in [-0.05, 0) is 5.56 Å². The molecule has 0 bridgehead atoms. The highest BCUT2D eigenvalue weighted by Gasteiger charge is 2.19. The number of hydrogen-bond acceptors (Lipinski definition) is 5. The third kappa shape index (κ3) is 5.10. The highest BCUT2D eigenvalue weighted by molar-refractivity contribution is 5.81. The van der Waals surface area contributed by atoms with E-state index in [9.17, 15) is 9.59 Å². The third-order valence-electron chi connectivity index (χ3n) is 1.91. The van der Waals surface area contributed by atoms with E-state index in [-0.39, 0.29) is 6.61 Å². The fourth-order valence-electron chi connectivity index (χ4n) is 1.06. The first-order valence-electron chi connectivity index (χ1n) is 4.94. The molecule has 0 aliphatic carbocycles. The van der Waals surface area contributed by atoms with E-state index in [1.165, 1.54) is 0 Å². The fraction of sp³-hybridized carbons (Fsp3) is 0.273. The molecule has 1 aromatic rings. The number of benzene rings is 1. The molecule has 0 fully saturated rings. The Morgan fingerprint density at radius 1 is 1.29 bits per heavy atom. The molecule has 0 heterocycles. The van der Waals surface area contributed by atoms with Gasteiger partial charge in [0.05, 0.1) is 6.42 Å². The van der Waals surface area contributed by atoms with Crippen LogP contribution in [0.1, 0.15) is 12.0 Å². The van der Waals surface area contributed by atoms with Crippen LogP contribution in [0.4, 0.5) is 0 Å². The molecule has 1 aromatic carbocycles. The molecule has 0 aromatic heterocycles. The van der Waals surface area contributed by atoms with Gasteiger partial charge < -0.3 is 10.8 Å². The van der Waals surface area contributed by atoms with E-state index in [0.29, 0.717) is 0 Å². The van der Waals surface area contributed by atoms with Crippen molar-refractivity contribution in [1.82, 2.24) is 0 Å². The summed E-state index contributed by atoms with van der Waals surface area (Å²) in [5.41, 5.74) is 6.09. The number of aliphatic carboxylic acids is 1. The maximum atomic E-state index is 11.1. The zero-order valence-electron chi connectivity index (χ0n) is 9.04. The molecule has 17 heavy (non-hydrogen) atoms. The van der Waals surface area contributed by atoms with Crippen molar-refractivity contribution < 1.29 is 24.5 Å². The largest absolute Gasteiger partial charge is 0.481 e. The van der Waals surface area contributed by atoms with E-state index in [2.05, 4.69) is 9.78 Å². The Morgan fingerprint density at radius 2 is 1.94 bits per heavy atom. The van der Waals surface area contributed by atoms with Crippen molar-refractivity contribution in [2.24, 2.45) is 5.73 Å². The molecule has 0 radical (unpaired) electrons. The maximum Gasteiger partial charge on any atom is 0.359 e. The Labute approximate surface area is 97.9 Å². The zero-order chi connectivity index (χ0) is 12.7. The molecule has 3 N–H and O–H groups in total. The van der Waals surface area contributed by atoms with E-state index in [0.717, 1.165) is 5.56 Å². The molecule has 1 atom stereocenters. The number of nitrogens with two attached hydrogens (primary N) is 1. The molecule has 0 aliphatic rings. The van der Waals surface area contributed by atoms with Crippen LogP contribution in [0.2, 0.25) is 0 Å². The van der Waals surface area contributed by atoms with Crippen molar-refractivity contribution in [3.05, 3.63) is 35.9 Å².